The van der Waals surface area contributed by atoms with Crippen LogP contribution in [0, 0.1) is 12.8 Å². The van der Waals surface area contributed by atoms with Gasteiger partial charge in [0.25, 0.3) is 0 Å². The van der Waals surface area contributed by atoms with E-state index in [1.807, 2.05) is 61.5 Å². The van der Waals surface area contributed by atoms with Crippen molar-refractivity contribution in [2.75, 3.05) is 30.4 Å². The Kier molecular flexibility index (Phi) is 5.93. The fraction of sp³-hybridized carbons (Fsp3) is 0.292. The quantitative estimate of drug-likeness (QED) is 0.689. The van der Waals surface area contributed by atoms with Gasteiger partial charge in [-0.25, -0.2) is 9.97 Å². The van der Waals surface area contributed by atoms with Crippen molar-refractivity contribution in [3.8, 4) is 17.0 Å². The minimum atomic E-state index is 0.0189. The molecule has 1 N–H and O–H groups in total. The summed E-state index contributed by atoms with van der Waals surface area (Å²) in [5.74, 6) is 1.83. The first-order valence-electron chi connectivity index (χ1n) is 10.2. The molecular weight excluding hydrogens is 376 g/mol. The molecule has 0 bridgehead atoms. The number of anilines is 2. The van der Waals surface area contributed by atoms with E-state index in [4.69, 9.17) is 4.74 Å². The predicted octanol–water partition coefficient (Wildman–Crippen LogP) is 4.32. The Balaban J connectivity index is 1.37. The van der Waals surface area contributed by atoms with E-state index in [0.717, 1.165) is 54.4 Å². The Morgan fingerprint density at radius 3 is 2.40 bits per heavy atom. The summed E-state index contributed by atoms with van der Waals surface area (Å²) >= 11 is 0. The van der Waals surface area contributed by atoms with Gasteiger partial charge in [0, 0.05) is 36.3 Å². The second-order valence-electron chi connectivity index (χ2n) is 7.61. The third-order valence-electron chi connectivity index (χ3n) is 5.55. The largest absolute Gasteiger partial charge is 0.497 e. The average molecular weight is 402 g/mol. The van der Waals surface area contributed by atoms with Crippen molar-refractivity contribution in [3.63, 3.8) is 0 Å². The molecule has 154 valence electrons. The lowest BCUT2D eigenvalue weighted by atomic mass is 9.95. The zero-order valence-electron chi connectivity index (χ0n) is 17.3. The fourth-order valence-corrected chi connectivity index (χ4v) is 3.69. The molecule has 30 heavy (non-hydrogen) atoms. The van der Waals surface area contributed by atoms with Crippen LogP contribution in [0.3, 0.4) is 0 Å². The molecule has 0 saturated carbocycles. The predicted molar refractivity (Wildman–Crippen MR) is 119 cm³/mol. The number of methoxy groups -OCH3 is 1. The van der Waals surface area contributed by atoms with Crippen LogP contribution in [0.2, 0.25) is 0 Å². The van der Waals surface area contributed by atoms with Crippen molar-refractivity contribution in [2.45, 2.75) is 19.8 Å². The van der Waals surface area contributed by atoms with E-state index >= 15 is 0 Å². The number of ether oxygens (including phenoxy) is 1. The van der Waals surface area contributed by atoms with Gasteiger partial charge in [-0.1, -0.05) is 17.7 Å². The molecule has 0 spiro atoms. The summed E-state index contributed by atoms with van der Waals surface area (Å²) in [5.41, 5.74) is 3.93. The fourth-order valence-electron chi connectivity index (χ4n) is 3.69. The van der Waals surface area contributed by atoms with Crippen LogP contribution in [-0.2, 0) is 4.79 Å². The van der Waals surface area contributed by atoms with E-state index in [1.54, 1.807) is 13.4 Å². The Bertz CT molecular complexity index is 994. The highest BCUT2D eigenvalue weighted by atomic mass is 16.5. The van der Waals surface area contributed by atoms with E-state index < -0.39 is 0 Å². The normalized spacial score (nSPS) is 14.4. The molecular formula is C24H26N4O2. The SMILES string of the molecule is COc1ccc(-c2cc(N3CCC(C(=O)Nc4ccc(C)cc4)CC3)ncn2)cc1. The van der Waals surface area contributed by atoms with Crippen LogP contribution in [-0.4, -0.2) is 36.1 Å². The maximum atomic E-state index is 12.6. The van der Waals surface area contributed by atoms with Crippen LogP contribution in [0.5, 0.6) is 5.75 Å². The lowest BCUT2D eigenvalue weighted by molar-refractivity contribution is -0.120. The zero-order valence-corrected chi connectivity index (χ0v) is 17.3. The third-order valence-corrected chi connectivity index (χ3v) is 5.55. The number of nitrogens with zero attached hydrogens (tertiary/aromatic N) is 3. The summed E-state index contributed by atoms with van der Waals surface area (Å²) in [6.07, 6.45) is 3.21. The third kappa shape index (κ3) is 4.59. The Morgan fingerprint density at radius 1 is 1.03 bits per heavy atom. The highest BCUT2D eigenvalue weighted by Gasteiger charge is 2.26. The van der Waals surface area contributed by atoms with E-state index in [0.29, 0.717) is 0 Å². The Hall–Kier alpha value is -3.41. The van der Waals surface area contributed by atoms with Gasteiger partial charge < -0.3 is 15.0 Å². The molecule has 6 heteroatoms. The minimum Gasteiger partial charge on any atom is -0.497 e. The molecule has 1 aromatic heterocycles. The molecule has 2 heterocycles. The van der Waals surface area contributed by atoms with Crippen molar-refractivity contribution >= 4 is 17.4 Å². The van der Waals surface area contributed by atoms with Crippen LogP contribution in [0.25, 0.3) is 11.3 Å². The molecule has 3 aromatic rings. The number of hydrogen-bond donors (Lipinski definition) is 1. The van der Waals surface area contributed by atoms with Gasteiger partial charge in [0.2, 0.25) is 5.91 Å². The van der Waals surface area contributed by atoms with Crippen molar-refractivity contribution in [1.82, 2.24) is 9.97 Å². The molecule has 0 unspecified atom stereocenters. The first kappa shape index (κ1) is 19.9. The summed E-state index contributed by atoms with van der Waals surface area (Å²) in [6, 6.07) is 17.8. The van der Waals surface area contributed by atoms with Crippen molar-refractivity contribution in [1.29, 1.82) is 0 Å². The molecule has 1 aliphatic heterocycles. The maximum Gasteiger partial charge on any atom is 0.227 e. The van der Waals surface area contributed by atoms with Crippen molar-refractivity contribution < 1.29 is 9.53 Å². The lowest BCUT2D eigenvalue weighted by Gasteiger charge is -2.32. The molecule has 1 amide bonds. The highest BCUT2D eigenvalue weighted by Crippen LogP contribution is 2.26. The first-order chi connectivity index (χ1) is 14.6. The van der Waals surface area contributed by atoms with Gasteiger partial charge in [-0.2, -0.15) is 0 Å². The van der Waals surface area contributed by atoms with Crippen LogP contribution >= 0.6 is 0 Å². The number of carbonyl (C=O) groups is 1. The van der Waals surface area contributed by atoms with E-state index in [2.05, 4.69) is 20.2 Å². The van der Waals surface area contributed by atoms with E-state index in [1.165, 1.54) is 5.56 Å². The second kappa shape index (κ2) is 8.95. The monoisotopic (exact) mass is 402 g/mol. The number of piperidine rings is 1. The Labute approximate surface area is 176 Å². The molecule has 6 nitrogen and oxygen atoms in total. The number of benzene rings is 2. The molecule has 4 rings (SSSR count). The number of nitrogens with one attached hydrogen (secondary N) is 1. The van der Waals surface area contributed by atoms with Gasteiger partial charge in [-0.15, -0.1) is 0 Å². The zero-order chi connectivity index (χ0) is 20.9. The minimum absolute atomic E-state index is 0.0189. The summed E-state index contributed by atoms with van der Waals surface area (Å²) in [5, 5.41) is 3.04. The molecule has 1 fully saturated rings. The van der Waals surface area contributed by atoms with Gasteiger partial charge in [0.1, 0.15) is 17.9 Å². The smallest absolute Gasteiger partial charge is 0.227 e. The van der Waals surface area contributed by atoms with Gasteiger partial charge >= 0.3 is 0 Å². The van der Waals surface area contributed by atoms with Gasteiger partial charge in [-0.3, -0.25) is 4.79 Å². The number of carbonyl (C=O) groups excluding carboxylic acids is 1. The molecule has 2 aromatic carbocycles. The number of aromatic nitrogens is 2. The van der Waals surface area contributed by atoms with E-state index in [-0.39, 0.29) is 11.8 Å². The summed E-state index contributed by atoms with van der Waals surface area (Å²) < 4.78 is 5.22. The Morgan fingerprint density at radius 2 is 1.73 bits per heavy atom. The average Bonchev–Trinajstić information content (AvgIpc) is 2.81. The number of rotatable bonds is 5. The van der Waals surface area contributed by atoms with Crippen molar-refractivity contribution in [2.24, 2.45) is 5.92 Å². The summed E-state index contributed by atoms with van der Waals surface area (Å²) in [4.78, 5) is 23.7. The summed E-state index contributed by atoms with van der Waals surface area (Å²) in [6.45, 7) is 3.63. The molecule has 0 radical (unpaired) electrons. The second-order valence-corrected chi connectivity index (χ2v) is 7.61. The molecule has 0 aliphatic carbocycles. The van der Waals surface area contributed by atoms with Crippen LogP contribution in [0.1, 0.15) is 18.4 Å². The van der Waals surface area contributed by atoms with Gasteiger partial charge in [-0.05, 0) is 56.2 Å². The first-order valence-corrected chi connectivity index (χ1v) is 10.2. The topological polar surface area (TPSA) is 67.3 Å². The van der Waals surface area contributed by atoms with Crippen molar-refractivity contribution in [3.05, 3.63) is 66.5 Å². The summed E-state index contributed by atoms with van der Waals surface area (Å²) in [7, 11) is 1.66. The highest BCUT2D eigenvalue weighted by molar-refractivity contribution is 5.92. The number of aryl methyl sites for hydroxylation is 1. The maximum absolute atomic E-state index is 12.6. The number of hydrogen-bond acceptors (Lipinski definition) is 5. The van der Waals surface area contributed by atoms with Gasteiger partial charge in [0.15, 0.2) is 0 Å². The molecule has 1 saturated heterocycles. The number of amides is 1. The lowest BCUT2D eigenvalue weighted by Crippen LogP contribution is -2.38. The molecule has 0 atom stereocenters. The van der Waals surface area contributed by atoms with Crippen LogP contribution in [0.4, 0.5) is 11.5 Å². The van der Waals surface area contributed by atoms with E-state index in [9.17, 15) is 4.79 Å². The van der Waals surface area contributed by atoms with Crippen LogP contribution in [0.15, 0.2) is 60.9 Å². The molecule has 1 aliphatic rings. The van der Waals surface area contributed by atoms with Gasteiger partial charge in [0.05, 0.1) is 12.8 Å². The standard InChI is InChI=1S/C24H26N4O2/c1-17-3-7-20(8-4-17)27-24(29)19-11-13-28(14-12-19)23-15-22(25-16-26-23)18-5-9-21(30-2)10-6-18/h3-10,15-16,19H,11-14H2,1-2H3,(H,27,29). The van der Waals surface area contributed by atoms with Crippen LogP contribution < -0.4 is 15.0 Å².